The summed E-state index contributed by atoms with van der Waals surface area (Å²) in [5.74, 6) is 1.70. The van der Waals surface area contributed by atoms with Crippen LogP contribution in [0.25, 0.3) is 0 Å². The molecule has 1 aliphatic heterocycles. The van der Waals surface area contributed by atoms with E-state index in [2.05, 4.69) is 62.0 Å². The van der Waals surface area contributed by atoms with Gasteiger partial charge in [-0.25, -0.2) is 0 Å². The van der Waals surface area contributed by atoms with Crippen LogP contribution in [0.3, 0.4) is 0 Å². The van der Waals surface area contributed by atoms with Crippen molar-refractivity contribution in [1.29, 1.82) is 0 Å². The van der Waals surface area contributed by atoms with Crippen molar-refractivity contribution in [2.45, 2.75) is 193 Å². The Morgan fingerprint density at radius 3 is 1.09 bits per heavy atom. The van der Waals surface area contributed by atoms with Gasteiger partial charge < -0.3 is 14.2 Å². The van der Waals surface area contributed by atoms with Gasteiger partial charge in [0.15, 0.2) is 24.0 Å². The number of ether oxygens (including phenoxy) is 3. The first-order valence-corrected chi connectivity index (χ1v) is 20.6. The van der Waals surface area contributed by atoms with Gasteiger partial charge in [0.05, 0.1) is 13.2 Å². The highest BCUT2D eigenvalue weighted by molar-refractivity contribution is 5.39. The summed E-state index contributed by atoms with van der Waals surface area (Å²) < 4.78 is 19.5. The molecule has 0 saturated heterocycles. The average molecular weight is 659 g/mol. The van der Waals surface area contributed by atoms with Crippen LogP contribution >= 0.6 is 0 Å². The number of hydrogen-bond acceptors (Lipinski definition) is 5. The lowest BCUT2D eigenvalue weighted by atomic mass is 10.1. The van der Waals surface area contributed by atoms with Crippen LogP contribution in [0.1, 0.15) is 181 Å². The highest BCUT2D eigenvalue weighted by atomic mass is 16.6. The Balaban J connectivity index is 1.68. The van der Waals surface area contributed by atoms with Gasteiger partial charge in [0, 0.05) is 25.9 Å². The third kappa shape index (κ3) is 21.4. The molecule has 0 N–H and O–H groups in total. The maximum atomic E-state index is 6.66. The maximum Gasteiger partial charge on any atom is 0.163 e. The SMILES string of the molecule is CCCCCCCCCCCCCCN(C)C1CCOCCC(N(C)CCCCCCCCCCCCCC)Oc2ccccc2O1. The summed E-state index contributed by atoms with van der Waals surface area (Å²) in [6, 6.07) is 8.26. The standard InChI is InChI=1S/C42H78N2O3/c1-5-7-9-11-13-15-17-19-21-23-25-29-35-43(3)41-33-37-45-38-34-42(47-40-32-28-27-31-39(40)46-41)44(4)36-30-26-24-22-20-18-16-14-12-10-8-6-2/h27-28,31-32,41-42H,5-26,29-30,33-38H2,1-4H3. The molecule has 2 unspecified atom stereocenters. The van der Waals surface area contributed by atoms with Crippen molar-refractivity contribution in [2.24, 2.45) is 0 Å². The van der Waals surface area contributed by atoms with Crippen LogP contribution < -0.4 is 9.47 Å². The Hall–Kier alpha value is -1.30. The summed E-state index contributed by atoms with van der Waals surface area (Å²) in [7, 11) is 4.41. The van der Waals surface area contributed by atoms with Crippen molar-refractivity contribution < 1.29 is 14.2 Å². The molecule has 1 aliphatic rings. The van der Waals surface area contributed by atoms with Crippen molar-refractivity contribution in [3.05, 3.63) is 24.3 Å². The Bertz CT molecular complexity index is 756. The zero-order chi connectivity index (χ0) is 33.6. The summed E-state index contributed by atoms with van der Waals surface area (Å²) in [6.45, 7) is 8.12. The van der Waals surface area contributed by atoms with E-state index < -0.39 is 0 Å². The highest BCUT2D eigenvalue weighted by Crippen LogP contribution is 2.31. The van der Waals surface area contributed by atoms with Crippen LogP contribution in [0.15, 0.2) is 24.3 Å². The molecule has 2 atom stereocenters. The number of unbranched alkanes of at least 4 members (excludes halogenated alkanes) is 22. The number of fused-ring (bicyclic) bond motifs is 1. The Morgan fingerprint density at radius 2 is 0.766 bits per heavy atom. The molecule has 0 aromatic heterocycles. The lowest BCUT2D eigenvalue weighted by Gasteiger charge is -2.30. The van der Waals surface area contributed by atoms with Crippen LogP contribution in [0.5, 0.6) is 11.5 Å². The number of nitrogens with zero attached hydrogens (tertiary/aromatic N) is 2. The summed E-state index contributed by atoms with van der Waals surface area (Å²) in [5, 5.41) is 0. The number of para-hydroxylation sites is 2. The summed E-state index contributed by atoms with van der Waals surface area (Å²) >= 11 is 0. The minimum Gasteiger partial charge on any atom is -0.471 e. The van der Waals surface area contributed by atoms with Gasteiger partial charge in [-0.05, 0) is 39.1 Å². The minimum atomic E-state index is -0.0113. The van der Waals surface area contributed by atoms with Crippen molar-refractivity contribution in [2.75, 3.05) is 40.4 Å². The topological polar surface area (TPSA) is 34.2 Å². The lowest BCUT2D eigenvalue weighted by Crippen LogP contribution is -2.38. The molecular weight excluding hydrogens is 580 g/mol. The van der Waals surface area contributed by atoms with Gasteiger partial charge in [-0.3, -0.25) is 9.80 Å². The second-order valence-electron chi connectivity index (χ2n) is 14.5. The van der Waals surface area contributed by atoms with Crippen molar-refractivity contribution >= 4 is 0 Å². The predicted octanol–water partition coefficient (Wildman–Crippen LogP) is 12.2. The minimum absolute atomic E-state index is 0.0113. The van der Waals surface area contributed by atoms with Gasteiger partial charge in [-0.1, -0.05) is 167 Å². The zero-order valence-electron chi connectivity index (χ0n) is 31.8. The Labute approximate surface area is 292 Å². The van der Waals surface area contributed by atoms with E-state index in [1.165, 1.54) is 154 Å². The molecule has 0 bridgehead atoms. The number of benzene rings is 1. The second kappa shape index (κ2) is 29.6. The number of hydrogen-bond donors (Lipinski definition) is 0. The fourth-order valence-corrected chi connectivity index (χ4v) is 6.84. The molecule has 274 valence electrons. The molecule has 5 nitrogen and oxygen atoms in total. The summed E-state index contributed by atoms with van der Waals surface area (Å²) in [5.41, 5.74) is 0. The lowest BCUT2D eigenvalue weighted by molar-refractivity contribution is 0.00222. The first-order chi connectivity index (χ1) is 23.2. The number of rotatable bonds is 28. The quantitative estimate of drug-likeness (QED) is 0.0837. The summed E-state index contributed by atoms with van der Waals surface area (Å²) in [4.78, 5) is 4.76. The van der Waals surface area contributed by atoms with Gasteiger partial charge >= 0.3 is 0 Å². The first kappa shape index (κ1) is 41.9. The molecule has 1 aromatic carbocycles. The molecule has 47 heavy (non-hydrogen) atoms. The monoisotopic (exact) mass is 659 g/mol. The molecule has 0 aliphatic carbocycles. The highest BCUT2D eigenvalue weighted by Gasteiger charge is 2.23. The zero-order valence-corrected chi connectivity index (χ0v) is 31.8. The fraction of sp³-hybridized carbons (Fsp3) is 0.857. The largest absolute Gasteiger partial charge is 0.471 e. The van der Waals surface area contributed by atoms with E-state index in [-0.39, 0.29) is 12.5 Å². The molecule has 0 saturated carbocycles. The van der Waals surface area contributed by atoms with Crippen LogP contribution in [-0.2, 0) is 4.74 Å². The second-order valence-corrected chi connectivity index (χ2v) is 14.5. The van der Waals surface area contributed by atoms with E-state index in [4.69, 9.17) is 14.2 Å². The van der Waals surface area contributed by atoms with Gasteiger partial charge in [0.2, 0.25) is 0 Å². The molecule has 5 heteroatoms. The van der Waals surface area contributed by atoms with Gasteiger partial charge in [0.25, 0.3) is 0 Å². The van der Waals surface area contributed by atoms with E-state index >= 15 is 0 Å². The summed E-state index contributed by atoms with van der Waals surface area (Å²) in [6.07, 6.45) is 34.8. The van der Waals surface area contributed by atoms with E-state index in [1.807, 2.05) is 0 Å². The van der Waals surface area contributed by atoms with Crippen molar-refractivity contribution in [3.63, 3.8) is 0 Å². The molecule has 1 aromatic rings. The molecule has 0 radical (unpaired) electrons. The van der Waals surface area contributed by atoms with Gasteiger partial charge in [-0.15, -0.1) is 0 Å². The van der Waals surface area contributed by atoms with Crippen molar-refractivity contribution in [3.8, 4) is 11.5 Å². The Kier molecular flexibility index (Phi) is 26.4. The third-order valence-electron chi connectivity index (χ3n) is 10.1. The van der Waals surface area contributed by atoms with Gasteiger partial charge in [0.1, 0.15) is 0 Å². The van der Waals surface area contributed by atoms with E-state index in [0.29, 0.717) is 13.2 Å². The molecule has 1 heterocycles. The molecule has 0 fully saturated rings. The van der Waals surface area contributed by atoms with E-state index in [0.717, 1.165) is 37.4 Å². The van der Waals surface area contributed by atoms with Crippen LogP contribution in [0.4, 0.5) is 0 Å². The molecule has 0 spiro atoms. The van der Waals surface area contributed by atoms with Crippen LogP contribution in [-0.4, -0.2) is 62.7 Å². The van der Waals surface area contributed by atoms with Crippen molar-refractivity contribution in [1.82, 2.24) is 9.80 Å². The maximum absolute atomic E-state index is 6.66. The third-order valence-corrected chi connectivity index (χ3v) is 10.1. The van der Waals surface area contributed by atoms with E-state index in [9.17, 15) is 0 Å². The van der Waals surface area contributed by atoms with Gasteiger partial charge in [-0.2, -0.15) is 0 Å². The normalized spacial score (nSPS) is 17.3. The average Bonchev–Trinajstić information content (AvgIpc) is 3.12. The predicted molar refractivity (Wildman–Crippen MR) is 203 cm³/mol. The smallest absolute Gasteiger partial charge is 0.163 e. The van der Waals surface area contributed by atoms with Crippen LogP contribution in [0, 0.1) is 0 Å². The molecule has 2 rings (SSSR count). The molecule has 0 amide bonds. The first-order valence-electron chi connectivity index (χ1n) is 20.6. The van der Waals surface area contributed by atoms with Crippen LogP contribution in [0.2, 0.25) is 0 Å². The molecular formula is C42H78N2O3. The fourth-order valence-electron chi connectivity index (χ4n) is 6.84. The Morgan fingerprint density at radius 1 is 0.468 bits per heavy atom. The van der Waals surface area contributed by atoms with E-state index in [1.54, 1.807) is 0 Å².